The van der Waals surface area contributed by atoms with E-state index >= 15 is 0 Å². The summed E-state index contributed by atoms with van der Waals surface area (Å²) in [6.45, 7) is 1.89. The van der Waals surface area contributed by atoms with Gasteiger partial charge in [-0.05, 0) is 18.6 Å². The van der Waals surface area contributed by atoms with Gasteiger partial charge in [-0.15, -0.1) is 0 Å². The van der Waals surface area contributed by atoms with E-state index in [4.69, 9.17) is 11.6 Å². The quantitative estimate of drug-likeness (QED) is 0.809. The first kappa shape index (κ1) is 13.6. The Hall–Kier alpha value is -2.40. The van der Waals surface area contributed by atoms with Crippen molar-refractivity contribution in [2.45, 2.75) is 13.3 Å². The summed E-state index contributed by atoms with van der Waals surface area (Å²) >= 11 is 6.05. The molecule has 2 heterocycles. The van der Waals surface area contributed by atoms with Crippen LogP contribution in [0.1, 0.15) is 11.3 Å². The number of aryl methyl sites for hydroxylation is 1. The fourth-order valence-corrected chi connectivity index (χ4v) is 2.28. The minimum Gasteiger partial charge on any atom is -0.323 e. The molecule has 0 spiro atoms. The predicted molar refractivity (Wildman–Crippen MR) is 81.5 cm³/mol. The Morgan fingerprint density at radius 3 is 3.00 bits per heavy atom. The van der Waals surface area contributed by atoms with E-state index in [0.717, 1.165) is 16.9 Å². The van der Waals surface area contributed by atoms with Gasteiger partial charge in [0.15, 0.2) is 5.65 Å². The summed E-state index contributed by atoms with van der Waals surface area (Å²) < 4.78 is 1.64. The topological polar surface area (TPSA) is 59.3 Å². The summed E-state index contributed by atoms with van der Waals surface area (Å²) in [7, 11) is 0. The van der Waals surface area contributed by atoms with Crippen molar-refractivity contribution >= 4 is 28.8 Å². The maximum absolute atomic E-state index is 12.0. The molecule has 2 aromatic heterocycles. The molecule has 0 saturated carbocycles. The Morgan fingerprint density at radius 2 is 2.19 bits per heavy atom. The lowest BCUT2D eigenvalue weighted by molar-refractivity contribution is -0.115. The molecule has 21 heavy (non-hydrogen) atoms. The molecule has 0 unspecified atom stereocenters. The average molecular weight is 301 g/mol. The van der Waals surface area contributed by atoms with Gasteiger partial charge in [0.1, 0.15) is 0 Å². The molecule has 0 aliphatic carbocycles. The summed E-state index contributed by atoms with van der Waals surface area (Å²) in [4.78, 5) is 16.3. The normalized spacial score (nSPS) is 10.8. The van der Waals surface area contributed by atoms with E-state index in [0.29, 0.717) is 10.7 Å². The first-order chi connectivity index (χ1) is 10.1. The van der Waals surface area contributed by atoms with Crippen LogP contribution < -0.4 is 5.32 Å². The number of benzene rings is 1. The SMILES string of the molecule is Cc1cc2ncc(NC(=O)Cc3ccccc3Cl)cn2n1. The van der Waals surface area contributed by atoms with Crippen molar-refractivity contribution in [2.24, 2.45) is 0 Å². The molecule has 0 atom stereocenters. The monoisotopic (exact) mass is 300 g/mol. The molecule has 1 N–H and O–H groups in total. The molecule has 0 aliphatic heterocycles. The Balaban J connectivity index is 1.75. The smallest absolute Gasteiger partial charge is 0.228 e. The van der Waals surface area contributed by atoms with E-state index in [1.807, 2.05) is 31.2 Å². The van der Waals surface area contributed by atoms with Crippen molar-refractivity contribution < 1.29 is 4.79 Å². The van der Waals surface area contributed by atoms with Crippen LogP contribution in [0.3, 0.4) is 0 Å². The Morgan fingerprint density at radius 1 is 1.38 bits per heavy atom. The minimum absolute atomic E-state index is 0.145. The van der Waals surface area contributed by atoms with Crippen LogP contribution in [0.5, 0.6) is 0 Å². The van der Waals surface area contributed by atoms with Gasteiger partial charge in [0.05, 0.1) is 30.2 Å². The standard InChI is InChI=1S/C15H13ClN4O/c1-10-6-14-17-8-12(9-20(14)19-10)18-15(21)7-11-4-2-3-5-13(11)16/h2-6,8-9H,7H2,1H3,(H,18,21). The molecular formula is C15H13ClN4O. The van der Waals surface area contributed by atoms with E-state index in [1.54, 1.807) is 23.0 Å². The van der Waals surface area contributed by atoms with Gasteiger partial charge in [-0.2, -0.15) is 5.10 Å². The zero-order valence-electron chi connectivity index (χ0n) is 11.4. The van der Waals surface area contributed by atoms with Gasteiger partial charge in [-0.25, -0.2) is 9.50 Å². The van der Waals surface area contributed by atoms with Crippen molar-refractivity contribution in [3.63, 3.8) is 0 Å². The van der Waals surface area contributed by atoms with Crippen LogP contribution in [0.25, 0.3) is 5.65 Å². The molecule has 3 aromatic rings. The van der Waals surface area contributed by atoms with Gasteiger partial charge in [-0.1, -0.05) is 29.8 Å². The third kappa shape index (κ3) is 3.03. The van der Waals surface area contributed by atoms with Crippen molar-refractivity contribution in [3.8, 4) is 0 Å². The lowest BCUT2D eigenvalue weighted by Crippen LogP contribution is -2.15. The van der Waals surface area contributed by atoms with Crippen LogP contribution >= 0.6 is 11.6 Å². The van der Waals surface area contributed by atoms with Crippen molar-refractivity contribution in [1.29, 1.82) is 0 Å². The van der Waals surface area contributed by atoms with E-state index in [9.17, 15) is 4.79 Å². The second-order valence-electron chi connectivity index (χ2n) is 4.75. The number of anilines is 1. The molecule has 1 aromatic carbocycles. The molecule has 0 saturated heterocycles. The number of aromatic nitrogens is 3. The van der Waals surface area contributed by atoms with E-state index < -0.39 is 0 Å². The molecule has 0 bridgehead atoms. The number of hydrogen-bond acceptors (Lipinski definition) is 3. The maximum Gasteiger partial charge on any atom is 0.228 e. The lowest BCUT2D eigenvalue weighted by Gasteiger charge is -2.06. The van der Waals surface area contributed by atoms with Crippen LogP contribution in [0.2, 0.25) is 5.02 Å². The van der Waals surface area contributed by atoms with Crippen LogP contribution in [0.4, 0.5) is 5.69 Å². The predicted octanol–water partition coefficient (Wildman–Crippen LogP) is 2.87. The summed E-state index contributed by atoms with van der Waals surface area (Å²) in [5.41, 5.74) is 3.02. The highest BCUT2D eigenvalue weighted by atomic mass is 35.5. The van der Waals surface area contributed by atoms with Gasteiger partial charge in [0.2, 0.25) is 5.91 Å². The van der Waals surface area contributed by atoms with Gasteiger partial charge < -0.3 is 5.32 Å². The first-order valence-electron chi connectivity index (χ1n) is 6.47. The van der Waals surface area contributed by atoms with Crippen LogP contribution in [-0.2, 0) is 11.2 Å². The molecule has 0 aliphatic rings. The average Bonchev–Trinajstić information content (AvgIpc) is 2.80. The number of hydrogen-bond donors (Lipinski definition) is 1. The Labute approximate surface area is 126 Å². The van der Waals surface area contributed by atoms with Gasteiger partial charge in [0.25, 0.3) is 0 Å². The van der Waals surface area contributed by atoms with Crippen LogP contribution in [0.15, 0.2) is 42.7 Å². The maximum atomic E-state index is 12.0. The van der Waals surface area contributed by atoms with Crippen molar-refractivity contribution in [2.75, 3.05) is 5.32 Å². The largest absolute Gasteiger partial charge is 0.323 e. The number of nitrogens with one attached hydrogen (secondary N) is 1. The minimum atomic E-state index is -0.145. The van der Waals surface area contributed by atoms with Crippen LogP contribution in [-0.4, -0.2) is 20.5 Å². The first-order valence-corrected chi connectivity index (χ1v) is 6.85. The van der Waals surface area contributed by atoms with E-state index in [-0.39, 0.29) is 12.3 Å². The zero-order valence-corrected chi connectivity index (χ0v) is 12.1. The summed E-state index contributed by atoms with van der Waals surface area (Å²) in [5, 5.41) is 7.65. The molecule has 106 valence electrons. The van der Waals surface area contributed by atoms with Crippen LogP contribution in [0, 0.1) is 6.92 Å². The van der Waals surface area contributed by atoms with Gasteiger partial charge in [0, 0.05) is 11.1 Å². The zero-order chi connectivity index (χ0) is 14.8. The summed E-state index contributed by atoms with van der Waals surface area (Å²) in [6.07, 6.45) is 3.57. The Bertz CT molecular complexity index is 812. The van der Waals surface area contributed by atoms with E-state index in [2.05, 4.69) is 15.4 Å². The summed E-state index contributed by atoms with van der Waals surface area (Å²) in [6, 6.07) is 9.16. The number of fused-ring (bicyclic) bond motifs is 1. The highest BCUT2D eigenvalue weighted by Crippen LogP contribution is 2.16. The number of carbonyl (C=O) groups is 1. The molecule has 0 fully saturated rings. The number of nitrogens with zero attached hydrogens (tertiary/aromatic N) is 3. The third-order valence-electron chi connectivity index (χ3n) is 3.03. The highest BCUT2D eigenvalue weighted by Gasteiger charge is 2.08. The second-order valence-corrected chi connectivity index (χ2v) is 5.15. The van der Waals surface area contributed by atoms with Gasteiger partial charge >= 0.3 is 0 Å². The molecular weight excluding hydrogens is 288 g/mol. The third-order valence-corrected chi connectivity index (χ3v) is 3.40. The molecule has 1 amide bonds. The number of halogens is 1. The van der Waals surface area contributed by atoms with Crippen molar-refractivity contribution in [1.82, 2.24) is 14.6 Å². The number of rotatable bonds is 3. The molecule has 6 heteroatoms. The number of amides is 1. The molecule has 3 rings (SSSR count). The van der Waals surface area contributed by atoms with Gasteiger partial charge in [-0.3, -0.25) is 4.79 Å². The Kier molecular flexibility index (Phi) is 3.58. The summed E-state index contributed by atoms with van der Waals surface area (Å²) in [5.74, 6) is -0.145. The van der Waals surface area contributed by atoms with E-state index in [1.165, 1.54) is 0 Å². The van der Waals surface area contributed by atoms with Crippen molar-refractivity contribution in [3.05, 3.63) is 59.0 Å². The lowest BCUT2D eigenvalue weighted by atomic mass is 10.1. The number of carbonyl (C=O) groups excluding carboxylic acids is 1. The molecule has 0 radical (unpaired) electrons. The fourth-order valence-electron chi connectivity index (χ4n) is 2.08. The highest BCUT2D eigenvalue weighted by molar-refractivity contribution is 6.31. The molecule has 5 nitrogen and oxygen atoms in total. The second kappa shape index (κ2) is 5.54. The fraction of sp³-hybridized carbons (Fsp3) is 0.133.